The lowest BCUT2D eigenvalue weighted by Crippen LogP contribution is -2.22. The summed E-state index contributed by atoms with van der Waals surface area (Å²) < 4.78 is 0. The monoisotopic (exact) mass is 230 g/mol. The molecule has 0 radical (unpaired) electrons. The highest BCUT2D eigenvalue weighted by Gasteiger charge is 2.02. The molecule has 0 unspecified atom stereocenters. The van der Waals surface area contributed by atoms with Crippen LogP contribution in [-0.4, -0.2) is 28.8 Å². The van der Waals surface area contributed by atoms with Crippen LogP contribution in [0.4, 0.5) is 5.69 Å². The van der Waals surface area contributed by atoms with Gasteiger partial charge < -0.3 is 4.90 Å². The molecule has 0 fully saturated rings. The van der Waals surface area contributed by atoms with Crippen molar-refractivity contribution in [2.45, 2.75) is 6.42 Å². The van der Waals surface area contributed by atoms with E-state index in [0.29, 0.717) is 0 Å². The number of hydrogen-bond acceptors (Lipinski definition) is 4. The maximum Gasteiger partial charge on any atom is 0.266 e. The fourth-order valence-electron chi connectivity index (χ4n) is 1.53. The Morgan fingerprint density at radius 3 is 3.00 bits per heavy atom. The first kappa shape index (κ1) is 11.3. The summed E-state index contributed by atoms with van der Waals surface area (Å²) in [6.07, 6.45) is 4.26. The Bertz CT molecular complexity index is 523. The van der Waals surface area contributed by atoms with Crippen LogP contribution in [-0.2, 0) is 6.42 Å². The van der Waals surface area contributed by atoms with E-state index < -0.39 is 0 Å². The molecule has 5 heteroatoms. The minimum Gasteiger partial charge on any atom is -0.373 e. The summed E-state index contributed by atoms with van der Waals surface area (Å²) in [5.41, 5.74) is 1.66. The van der Waals surface area contributed by atoms with Gasteiger partial charge in [0.2, 0.25) is 0 Å². The van der Waals surface area contributed by atoms with Crippen LogP contribution >= 0.6 is 0 Å². The number of aromatic amines is 1. The highest BCUT2D eigenvalue weighted by Crippen LogP contribution is 2.07. The quantitative estimate of drug-likeness (QED) is 0.845. The van der Waals surface area contributed by atoms with Crippen molar-refractivity contribution in [1.82, 2.24) is 15.2 Å². The molecule has 0 atom stereocenters. The second kappa shape index (κ2) is 5.25. The van der Waals surface area contributed by atoms with E-state index in [4.69, 9.17) is 0 Å². The number of likely N-dealkylation sites (N-methyl/N-ethyl adjacent to an activating group) is 1. The zero-order valence-corrected chi connectivity index (χ0v) is 9.63. The van der Waals surface area contributed by atoms with Crippen LogP contribution in [0.3, 0.4) is 0 Å². The smallest absolute Gasteiger partial charge is 0.266 e. The van der Waals surface area contributed by atoms with Gasteiger partial charge in [0.05, 0.1) is 11.9 Å². The molecule has 1 N–H and O–H groups in total. The van der Waals surface area contributed by atoms with Gasteiger partial charge in [-0.15, -0.1) is 0 Å². The average molecular weight is 230 g/mol. The van der Waals surface area contributed by atoms with Gasteiger partial charge in [0.15, 0.2) is 0 Å². The average Bonchev–Trinajstić information content (AvgIpc) is 2.37. The van der Waals surface area contributed by atoms with Crippen LogP contribution in [0.2, 0.25) is 0 Å². The highest BCUT2D eigenvalue weighted by atomic mass is 16.1. The van der Waals surface area contributed by atoms with Crippen molar-refractivity contribution in [3.8, 4) is 0 Å². The van der Waals surface area contributed by atoms with Gasteiger partial charge in [0, 0.05) is 38.0 Å². The molecule has 5 nitrogen and oxygen atoms in total. The molecule has 17 heavy (non-hydrogen) atoms. The lowest BCUT2D eigenvalue weighted by atomic mass is 10.2. The van der Waals surface area contributed by atoms with E-state index in [1.807, 2.05) is 30.1 Å². The predicted octanol–water partition coefficient (Wildman–Crippen LogP) is 0.844. The third kappa shape index (κ3) is 3.14. The Hall–Kier alpha value is -2.17. The Morgan fingerprint density at radius 2 is 2.29 bits per heavy atom. The summed E-state index contributed by atoms with van der Waals surface area (Å²) in [6.45, 7) is 0.794. The lowest BCUT2D eigenvalue weighted by Gasteiger charge is -2.17. The lowest BCUT2D eigenvalue weighted by molar-refractivity contribution is 0.841. The van der Waals surface area contributed by atoms with Crippen molar-refractivity contribution in [1.29, 1.82) is 0 Å². The second-order valence-corrected chi connectivity index (χ2v) is 3.80. The van der Waals surface area contributed by atoms with E-state index in [-0.39, 0.29) is 5.56 Å². The molecular weight excluding hydrogens is 216 g/mol. The van der Waals surface area contributed by atoms with Crippen molar-refractivity contribution >= 4 is 5.69 Å². The van der Waals surface area contributed by atoms with Crippen LogP contribution in [0.5, 0.6) is 0 Å². The van der Waals surface area contributed by atoms with Crippen molar-refractivity contribution in [2.24, 2.45) is 0 Å². The topological polar surface area (TPSA) is 61.9 Å². The van der Waals surface area contributed by atoms with Crippen molar-refractivity contribution in [3.63, 3.8) is 0 Å². The molecule has 2 aromatic rings. The summed E-state index contributed by atoms with van der Waals surface area (Å²) >= 11 is 0. The third-order valence-electron chi connectivity index (χ3n) is 2.52. The van der Waals surface area contributed by atoms with Gasteiger partial charge in [-0.3, -0.25) is 9.78 Å². The van der Waals surface area contributed by atoms with Gasteiger partial charge in [0.1, 0.15) is 0 Å². The molecule has 0 aromatic carbocycles. The summed E-state index contributed by atoms with van der Waals surface area (Å²) in [5, 5.41) is 6.12. The standard InChI is InChI=1S/C12H14N4O/c1-16(11-8-12(17)15-14-9-11)7-5-10-4-2-3-6-13-10/h2-4,6,8-9H,5,7H2,1H3,(H,15,17). The molecule has 2 aromatic heterocycles. The predicted molar refractivity (Wildman–Crippen MR) is 66.1 cm³/mol. The van der Waals surface area contributed by atoms with Crippen LogP contribution in [0.1, 0.15) is 5.69 Å². The van der Waals surface area contributed by atoms with E-state index in [2.05, 4.69) is 15.2 Å². The molecule has 0 spiro atoms. The molecule has 0 amide bonds. The van der Waals surface area contributed by atoms with Crippen molar-refractivity contribution in [2.75, 3.05) is 18.5 Å². The fraction of sp³-hybridized carbons (Fsp3) is 0.250. The third-order valence-corrected chi connectivity index (χ3v) is 2.52. The Kier molecular flexibility index (Phi) is 3.49. The van der Waals surface area contributed by atoms with E-state index in [1.165, 1.54) is 6.07 Å². The van der Waals surface area contributed by atoms with Crippen LogP contribution < -0.4 is 10.5 Å². The van der Waals surface area contributed by atoms with Gasteiger partial charge in [0.25, 0.3) is 5.56 Å². The van der Waals surface area contributed by atoms with E-state index >= 15 is 0 Å². The fourth-order valence-corrected chi connectivity index (χ4v) is 1.53. The number of nitrogens with one attached hydrogen (secondary N) is 1. The largest absolute Gasteiger partial charge is 0.373 e. The first-order chi connectivity index (χ1) is 8.25. The number of nitrogens with zero attached hydrogens (tertiary/aromatic N) is 3. The van der Waals surface area contributed by atoms with Gasteiger partial charge in [-0.1, -0.05) is 6.07 Å². The number of rotatable bonds is 4. The van der Waals surface area contributed by atoms with Gasteiger partial charge in [-0.2, -0.15) is 5.10 Å². The molecule has 88 valence electrons. The Balaban J connectivity index is 1.98. The first-order valence-electron chi connectivity index (χ1n) is 5.41. The van der Waals surface area contributed by atoms with Crippen molar-refractivity contribution < 1.29 is 0 Å². The number of H-pyrrole nitrogens is 1. The Morgan fingerprint density at radius 1 is 1.41 bits per heavy atom. The molecule has 0 saturated heterocycles. The van der Waals surface area contributed by atoms with Crippen LogP contribution in [0.15, 0.2) is 41.5 Å². The maximum atomic E-state index is 11.1. The van der Waals surface area contributed by atoms with E-state index in [1.54, 1.807) is 12.4 Å². The molecule has 0 bridgehead atoms. The molecule has 0 aliphatic carbocycles. The molecule has 2 rings (SSSR count). The van der Waals surface area contributed by atoms with Gasteiger partial charge in [-0.05, 0) is 12.1 Å². The molecule has 0 aliphatic rings. The molecule has 0 saturated carbocycles. The number of hydrogen-bond donors (Lipinski definition) is 1. The zero-order chi connectivity index (χ0) is 12.1. The molecular formula is C12H14N4O. The van der Waals surface area contributed by atoms with Crippen LogP contribution in [0, 0.1) is 0 Å². The molecule has 2 heterocycles. The maximum absolute atomic E-state index is 11.1. The first-order valence-corrected chi connectivity index (χ1v) is 5.41. The summed E-state index contributed by atoms with van der Waals surface area (Å²) in [5.74, 6) is 0. The van der Waals surface area contributed by atoms with Crippen molar-refractivity contribution in [3.05, 3.63) is 52.7 Å². The van der Waals surface area contributed by atoms with Gasteiger partial charge in [-0.25, -0.2) is 5.10 Å². The van der Waals surface area contributed by atoms with E-state index in [9.17, 15) is 4.79 Å². The Labute approximate surface area is 99.1 Å². The number of aromatic nitrogens is 3. The summed E-state index contributed by atoms with van der Waals surface area (Å²) in [7, 11) is 1.93. The minimum absolute atomic E-state index is 0.188. The SMILES string of the molecule is CN(CCc1ccccn1)c1cn[nH]c(=O)c1. The number of anilines is 1. The number of pyridine rings is 1. The highest BCUT2D eigenvalue weighted by molar-refractivity contribution is 5.41. The zero-order valence-electron chi connectivity index (χ0n) is 9.63. The van der Waals surface area contributed by atoms with Gasteiger partial charge >= 0.3 is 0 Å². The second-order valence-electron chi connectivity index (χ2n) is 3.80. The molecule has 0 aliphatic heterocycles. The summed E-state index contributed by atoms with van der Waals surface area (Å²) in [4.78, 5) is 17.3. The summed E-state index contributed by atoms with van der Waals surface area (Å²) in [6, 6.07) is 7.39. The normalized spacial score (nSPS) is 10.2. The minimum atomic E-state index is -0.188. The van der Waals surface area contributed by atoms with E-state index in [0.717, 1.165) is 24.3 Å². The van der Waals surface area contributed by atoms with Crippen LogP contribution in [0.25, 0.3) is 0 Å².